The Morgan fingerprint density at radius 3 is 1.96 bits per heavy atom. The van der Waals surface area contributed by atoms with Crippen molar-refractivity contribution >= 4 is 29.5 Å². The van der Waals surface area contributed by atoms with Crippen molar-refractivity contribution in [2.24, 2.45) is 35.1 Å². The minimum Gasteiger partial charge on any atom is -0.393 e. The largest absolute Gasteiger partial charge is 0.393 e. The Morgan fingerprint density at radius 1 is 0.837 bits per heavy atom. The summed E-state index contributed by atoms with van der Waals surface area (Å²) in [5.41, 5.74) is 11.1. The Bertz CT molecular complexity index is 1060. The van der Waals surface area contributed by atoms with Gasteiger partial charge >= 0.3 is 0 Å². The van der Waals surface area contributed by atoms with Gasteiger partial charge < -0.3 is 42.2 Å². The van der Waals surface area contributed by atoms with Gasteiger partial charge in [-0.15, -0.1) is 0 Å². The van der Waals surface area contributed by atoms with Crippen molar-refractivity contribution in [3.8, 4) is 0 Å². The second-order valence-electron chi connectivity index (χ2n) is 14.7. The van der Waals surface area contributed by atoms with Crippen molar-refractivity contribution in [2.75, 3.05) is 20.2 Å². The summed E-state index contributed by atoms with van der Waals surface area (Å²) < 4.78 is 6.40. The van der Waals surface area contributed by atoms with E-state index in [4.69, 9.17) is 16.2 Å². The molecule has 0 bridgehead atoms. The molecule has 282 valence electrons. The number of amides is 5. The fourth-order valence-corrected chi connectivity index (χ4v) is 7.10. The summed E-state index contributed by atoms with van der Waals surface area (Å²) in [6.07, 6.45) is 10.6. The van der Waals surface area contributed by atoms with Crippen molar-refractivity contribution in [2.45, 2.75) is 154 Å². The quantitative estimate of drug-likeness (QED) is 0.111. The molecule has 2 fully saturated rings. The highest BCUT2D eigenvalue weighted by molar-refractivity contribution is 5.94. The van der Waals surface area contributed by atoms with Crippen LogP contribution in [0.15, 0.2) is 0 Å². The topological polar surface area (TPSA) is 206 Å². The predicted octanol–water partition coefficient (Wildman–Crippen LogP) is 2.12. The van der Waals surface area contributed by atoms with E-state index in [0.29, 0.717) is 25.2 Å². The normalized spacial score (nSPS) is 20.8. The number of nitrogens with zero attached hydrogens (tertiary/aromatic N) is 1. The van der Waals surface area contributed by atoms with Gasteiger partial charge in [-0.1, -0.05) is 78.6 Å². The Balaban J connectivity index is 2.23. The molecule has 2 aliphatic carbocycles. The number of primary amides is 1. The Labute approximate surface area is 293 Å². The highest BCUT2D eigenvalue weighted by Gasteiger charge is 2.38. The van der Waals surface area contributed by atoms with Gasteiger partial charge in [0, 0.05) is 19.6 Å². The van der Waals surface area contributed by atoms with Crippen molar-refractivity contribution < 1.29 is 33.8 Å². The second kappa shape index (κ2) is 21.4. The zero-order valence-corrected chi connectivity index (χ0v) is 30.9. The third-order valence-corrected chi connectivity index (χ3v) is 10.6. The fraction of sp³-hybridized carbons (Fsp3) is 0.861. The lowest BCUT2D eigenvalue weighted by atomic mass is 9.82. The number of nitrogens with two attached hydrogens (primary N) is 2. The zero-order valence-electron chi connectivity index (χ0n) is 30.9. The number of hydrogen-bond acceptors (Lipinski definition) is 8. The van der Waals surface area contributed by atoms with E-state index in [1.807, 2.05) is 20.8 Å². The fourth-order valence-electron chi connectivity index (χ4n) is 7.10. The molecule has 0 aromatic rings. The molecular weight excluding hydrogens is 628 g/mol. The molecule has 0 aromatic carbocycles. The zero-order chi connectivity index (χ0) is 36.7. The smallest absolute Gasteiger partial charge is 0.243 e. The van der Waals surface area contributed by atoms with E-state index in [9.17, 15) is 29.1 Å². The third-order valence-electron chi connectivity index (χ3n) is 10.6. The van der Waals surface area contributed by atoms with Gasteiger partial charge in [0.2, 0.25) is 29.5 Å². The lowest BCUT2D eigenvalue weighted by molar-refractivity contribution is -0.147. The average Bonchev–Trinajstić information content (AvgIpc) is 3.09. The van der Waals surface area contributed by atoms with Gasteiger partial charge in [0.15, 0.2) is 0 Å². The van der Waals surface area contributed by atoms with E-state index in [-0.39, 0.29) is 36.9 Å². The lowest BCUT2D eigenvalue weighted by Gasteiger charge is -2.36. The van der Waals surface area contributed by atoms with Gasteiger partial charge in [-0.2, -0.15) is 0 Å². The molecule has 0 heterocycles. The summed E-state index contributed by atoms with van der Waals surface area (Å²) >= 11 is 0. The van der Waals surface area contributed by atoms with E-state index in [1.165, 1.54) is 11.3 Å². The summed E-state index contributed by atoms with van der Waals surface area (Å²) in [4.78, 5) is 67.4. The van der Waals surface area contributed by atoms with E-state index in [2.05, 4.69) is 16.0 Å². The first-order valence-electron chi connectivity index (χ1n) is 18.7. The van der Waals surface area contributed by atoms with Crippen LogP contribution < -0.4 is 27.4 Å². The molecule has 2 rings (SSSR count). The molecule has 0 aliphatic heterocycles. The van der Waals surface area contributed by atoms with Gasteiger partial charge in [-0.25, -0.2) is 0 Å². The van der Waals surface area contributed by atoms with Crippen LogP contribution in [0.3, 0.4) is 0 Å². The monoisotopic (exact) mass is 694 g/mol. The van der Waals surface area contributed by atoms with Crippen LogP contribution in [0, 0.1) is 23.7 Å². The van der Waals surface area contributed by atoms with Crippen LogP contribution in [0.1, 0.15) is 118 Å². The number of aliphatic hydroxyl groups is 1. The van der Waals surface area contributed by atoms with Crippen LogP contribution in [0.2, 0.25) is 0 Å². The van der Waals surface area contributed by atoms with Crippen LogP contribution in [0.5, 0.6) is 0 Å². The number of carbonyl (C=O) groups excluding carboxylic acids is 5. The third kappa shape index (κ3) is 13.5. The summed E-state index contributed by atoms with van der Waals surface area (Å²) in [7, 11) is 1.63. The van der Waals surface area contributed by atoms with Crippen molar-refractivity contribution in [1.29, 1.82) is 0 Å². The summed E-state index contributed by atoms with van der Waals surface area (Å²) in [5.74, 6) is -3.01. The van der Waals surface area contributed by atoms with Crippen LogP contribution >= 0.6 is 0 Å². The van der Waals surface area contributed by atoms with E-state index < -0.39 is 59.9 Å². The molecule has 13 nitrogen and oxygen atoms in total. The number of nitrogens with one attached hydrogen (secondary N) is 3. The number of carbonyl (C=O) groups is 5. The van der Waals surface area contributed by atoms with Gasteiger partial charge in [-0.05, 0) is 51.4 Å². The minimum atomic E-state index is -1.05. The van der Waals surface area contributed by atoms with Crippen LogP contribution in [0.4, 0.5) is 0 Å². The second-order valence-corrected chi connectivity index (χ2v) is 14.7. The molecule has 2 saturated carbocycles. The summed E-state index contributed by atoms with van der Waals surface area (Å²) in [6, 6.07) is -3.10. The Kier molecular flexibility index (Phi) is 18.6. The maximum atomic E-state index is 14.1. The molecule has 8 N–H and O–H groups in total. The van der Waals surface area contributed by atoms with Crippen LogP contribution in [-0.4, -0.2) is 96.1 Å². The molecule has 0 radical (unpaired) electrons. The van der Waals surface area contributed by atoms with Crippen LogP contribution in [-0.2, 0) is 28.7 Å². The SMILES string of the molecule is CCC[C@@H](C(=O)N[C@H](C(=O)N[C@@H](CN)C(N)=O)C1CCCCC1)N(C)C(=O)[C@H](C)[C@@H](CC1CCCCC1)OC[C@@H](C)NC(=O)[C@@H](C)[C@H](C)O. The highest BCUT2D eigenvalue weighted by Crippen LogP contribution is 2.31. The minimum absolute atomic E-state index is 0.120. The first-order chi connectivity index (χ1) is 23.2. The van der Waals surface area contributed by atoms with Crippen molar-refractivity contribution in [3.05, 3.63) is 0 Å². The number of hydrogen-bond donors (Lipinski definition) is 6. The van der Waals surface area contributed by atoms with Crippen molar-refractivity contribution in [1.82, 2.24) is 20.9 Å². The molecule has 2 aliphatic rings. The van der Waals surface area contributed by atoms with E-state index in [0.717, 1.165) is 57.8 Å². The van der Waals surface area contributed by atoms with Gasteiger partial charge in [0.25, 0.3) is 0 Å². The van der Waals surface area contributed by atoms with Gasteiger partial charge in [-0.3, -0.25) is 24.0 Å². The maximum absolute atomic E-state index is 14.1. The highest BCUT2D eigenvalue weighted by atomic mass is 16.5. The lowest BCUT2D eigenvalue weighted by Crippen LogP contribution is -2.60. The van der Waals surface area contributed by atoms with Gasteiger partial charge in [0.1, 0.15) is 18.1 Å². The van der Waals surface area contributed by atoms with Crippen LogP contribution in [0.25, 0.3) is 0 Å². The Morgan fingerprint density at radius 2 is 1.43 bits per heavy atom. The first-order valence-corrected chi connectivity index (χ1v) is 18.7. The molecule has 0 spiro atoms. The number of likely N-dealkylation sites (N-methyl/N-ethyl adjacent to an activating group) is 1. The molecule has 0 saturated heterocycles. The molecular formula is C36H66N6O7. The Hall–Kier alpha value is -2.77. The molecule has 5 amide bonds. The maximum Gasteiger partial charge on any atom is 0.243 e. The molecule has 0 aromatic heterocycles. The standard InChI is InChI=1S/C36H66N6O7/c1-7-14-29(34(46)41-31(27-17-12-9-13-18-27)35(47)40-28(20-37)32(38)44)42(6)36(48)24(4)30(19-26-15-10-8-11-16-26)49-21-22(2)39-33(45)23(3)25(5)43/h22-31,43H,7-21,37H2,1-6H3,(H2,38,44)(H,39,45)(H,40,47)(H,41,46)/t22-,23+,24-,25+,28+,29+,30-,31+/m1/s1. The van der Waals surface area contributed by atoms with Crippen molar-refractivity contribution in [3.63, 3.8) is 0 Å². The molecule has 0 unspecified atom stereocenters. The molecule has 8 atom stereocenters. The number of rotatable bonds is 20. The average molecular weight is 695 g/mol. The first kappa shape index (κ1) is 42.4. The summed E-state index contributed by atoms with van der Waals surface area (Å²) in [6.45, 7) is 8.90. The van der Waals surface area contributed by atoms with E-state index >= 15 is 0 Å². The number of aliphatic hydroxyl groups excluding tert-OH is 1. The molecule has 13 heteroatoms. The summed E-state index contributed by atoms with van der Waals surface area (Å²) in [5, 5.41) is 18.3. The molecule has 49 heavy (non-hydrogen) atoms. The van der Waals surface area contributed by atoms with E-state index in [1.54, 1.807) is 20.9 Å². The van der Waals surface area contributed by atoms with Gasteiger partial charge in [0.05, 0.1) is 30.7 Å². The number of ether oxygens (including phenoxy) is 1. The predicted molar refractivity (Wildman–Crippen MR) is 189 cm³/mol.